The van der Waals surface area contributed by atoms with E-state index in [9.17, 15) is 0 Å². The summed E-state index contributed by atoms with van der Waals surface area (Å²) in [6, 6.07) is 16.7. The number of hydrogen-bond acceptors (Lipinski definition) is 7. The minimum absolute atomic E-state index is 0.197. The number of methoxy groups -OCH3 is 1. The minimum Gasteiger partial charge on any atom is -0.497 e. The van der Waals surface area contributed by atoms with Crippen LogP contribution >= 0.6 is 0 Å². The topological polar surface area (TPSA) is 92.4 Å². The molecule has 7 nitrogen and oxygen atoms in total. The first-order valence-electron chi connectivity index (χ1n) is 8.60. The molecule has 28 heavy (non-hydrogen) atoms. The number of pyridine rings is 1. The fourth-order valence-corrected chi connectivity index (χ4v) is 2.69. The van der Waals surface area contributed by atoms with Gasteiger partial charge in [-0.15, -0.1) is 0 Å². The first kappa shape index (κ1) is 17.5. The number of anilines is 1. The average Bonchev–Trinajstić information content (AvgIpc) is 2.72. The molecule has 2 aromatic heterocycles. The van der Waals surface area contributed by atoms with Crippen LogP contribution in [0.4, 0.5) is 5.69 Å². The van der Waals surface area contributed by atoms with Crippen LogP contribution in [-0.2, 0) is 0 Å². The Hall–Kier alpha value is -3.87. The monoisotopic (exact) mass is 374 g/mol. The summed E-state index contributed by atoms with van der Waals surface area (Å²) < 4.78 is 16.9. The fourth-order valence-electron chi connectivity index (χ4n) is 2.69. The molecule has 0 saturated heterocycles. The Morgan fingerprint density at radius 2 is 1.54 bits per heavy atom. The minimum atomic E-state index is 0.197. The van der Waals surface area contributed by atoms with Gasteiger partial charge < -0.3 is 19.9 Å². The van der Waals surface area contributed by atoms with Crippen LogP contribution in [0.3, 0.4) is 0 Å². The Morgan fingerprint density at radius 1 is 0.821 bits per heavy atom. The lowest BCUT2D eigenvalue weighted by Crippen LogP contribution is -2.01. The Labute approximate surface area is 161 Å². The van der Waals surface area contributed by atoms with E-state index in [4.69, 9.17) is 19.9 Å². The number of nitrogens with two attached hydrogens (primary N) is 1. The van der Waals surface area contributed by atoms with Crippen molar-refractivity contribution in [3.63, 3.8) is 0 Å². The lowest BCUT2D eigenvalue weighted by Gasteiger charge is -2.12. The van der Waals surface area contributed by atoms with Crippen molar-refractivity contribution in [2.75, 3.05) is 12.8 Å². The molecule has 0 atom stereocenters. The van der Waals surface area contributed by atoms with E-state index >= 15 is 0 Å². The first-order chi connectivity index (χ1) is 13.6. The third-order valence-corrected chi connectivity index (χ3v) is 4.11. The van der Waals surface area contributed by atoms with Gasteiger partial charge in [0.2, 0.25) is 11.8 Å². The average molecular weight is 374 g/mol. The van der Waals surface area contributed by atoms with Gasteiger partial charge in [-0.05, 0) is 43.3 Å². The second-order valence-electron chi connectivity index (χ2n) is 6.06. The molecule has 0 saturated carbocycles. The molecule has 7 heteroatoms. The first-order valence-corrected chi connectivity index (χ1v) is 8.60. The number of benzene rings is 2. The highest BCUT2D eigenvalue weighted by Crippen LogP contribution is 2.35. The van der Waals surface area contributed by atoms with Gasteiger partial charge in [0, 0.05) is 11.1 Å². The summed E-state index contributed by atoms with van der Waals surface area (Å²) in [5.74, 6) is 2.27. The zero-order valence-electron chi connectivity index (χ0n) is 15.4. The molecule has 4 rings (SSSR count). The van der Waals surface area contributed by atoms with E-state index in [0.717, 1.165) is 22.3 Å². The van der Waals surface area contributed by atoms with Crippen LogP contribution in [0.5, 0.6) is 29.0 Å². The van der Waals surface area contributed by atoms with E-state index in [2.05, 4.69) is 15.0 Å². The van der Waals surface area contributed by atoms with Crippen molar-refractivity contribution < 1.29 is 14.2 Å². The van der Waals surface area contributed by atoms with E-state index in [1.807, 2.05) is 37.3 Å². The molecule has 2 aromatic carbocycles. The Morgan fingerprint density at radius 3 is 2.29 bits per heavy atom. The Balaban J connectivity index is 1.64. The van der Waals surface area contributed by atoms with Crippen molar-refractivity contribution in [1.29, 1.82) is 0 Å². The molecular formula is C21H18N4O3. The molecule has 0 bridgehead atoms. The normalized spacial score (nSPS) is 10.6. The summed E-state index contributed by atoms with van der Waals surface area (Å²) in [6.07, 6.45) is 1.34. The SMILES string of the molecule is COc1ccc(Oc2ncnc(Oc3cccc4ccc(C)nc34)c2N)cc1. The van der Waals surface area contributed by atoms with Crippen LogP contribution < -0.4 is 19.9 Å². The number of aryl methyl sites for hydroxylation is 1. The predicted molar refractivity (Wildman–Crippen MR) is 106 cm³/mol. The van der Waals surface area contributed by atoms with Crippen LogP contribution in [0, 0.1) is 6.92 Å². The maximum Gasteiger partial charge on any atom is 0.249 e. The molecule has 4 aromatic rings. The summed E-state index contributed by atoms with van der Waals surface area (Å²) in [5, 5.41) is 0.963. The Bertz CT molecular complexity index is 1130. The maximum atomic E-state index is 6.19. The molecule has 0 aliphatic heterocycles. The van der Waals surface area contributed by atoms with Gasteiger partial charge in [0.25, 0.3) is 0 Å². The number of hydrogen-bond donors (Lipinski definition) is 1. The standard InChI is InChI=1S/C21H18N4O3/c1-13-6-7-14-4-3-5-17(19(14)25-13)28-21-18(22)20(23-12-24-21)27-16-10-8-15(26-2)9-11-16/h3-12H,22H2,1-2H3. The van der Waals surface area contributed by atoms with Crippen molar-refractivity contribution >= 4 is 16.6 Å². The zero-order valence-corrected chi connectivity index (χ0v) is 15.4. The number of ether oxygens (including phenoxy) is 3. The van der Waals surface area contributed by atoms with Gasteiger partial charge in [0.05, 0.1) is 7.11 Å². The zero-order chi connectivity index (χ0) is 19.5. The number of rotatable bonds is 5. The number of para-hydroxylation sites is 1. The van der Waals surface area contributed by atoms with Gasteiger partial charge in [0.15, 0.2) is 11.4 Å². The molecule has 0 unspecified atom stereocenters. The van der Waals surface area contributed by atoms with Gasteiger partial charge in [-0.25, -0.2) is 4.98 Å². The fraction of sp³-hybridized carbons (Fsp3) is 0.0952. The number of aromatic nitrogens is 3. The summed E-state index contributed by atoms with van der Waals surface area (Å²) in [7, 11) is 1.60. The molecule has 0 aliphatic rings. The van der Waals surface area contributed by atoms with Crippen LogP contribution in [-0.4, -0.2) is 22.1 Å². The van der Waals surface area contributed by atoms with Gasteiger partial charge >= 0.3 is 0 Å². The summed E-state index contributed by atoms with van der Waals surface area (Å²) in [6.45, 7) is 1.93. The number of nitrogens with zero attached hydrogens (tertiary/aromatic N) is 3. The van der Waals surface area contributed by atoms with E-state index in [-0.39, 0.29) is 17.4 Å². The van der Waals surface area contributed by atoms with Crippen LogP contribution in [0.25, 0.3) is 10.9 Å². The molecule has 0 amide bonds. The molecular weight excluding hydrogens is 356 g/mol. The molecule has 0 aliphatic carbocycles. The van der Waals surface area contributed by atoms with Crippen molar-refractivity contribution in [3.8, 4) is 29.0 Å². The molecule has 0 radical (unpaired) electrons. The summed E-state index contributed by atoms with van der Waals surface area (Å²) >= 11 is 0. The molecule has 2 N–H and O–H groups in total. The van der Waals surface area contributed by atoms with Crippen LogP contribution in [0.1, 0.15) is 5.69 Å². The highest BCUT2D eigenvalue weighted by Gasteiger charge is 2.14. The van der Waals surface area contributed by atoms with Crippen molar-refractivity contribution in [3.05, 3.63) is 66.6 Å². The van der Waals surface area contributed by atoms with Crippen molar-refractivity contribution in [1.82, 2.24) is 15.0 Å². The lowest BCUT2D eigenvalue weighted by molar-refractivity contribution is 0.411. The largest absolute Gasteiger partial charge is 0.497 e. The summed E-state index contributed by atoms with van der Waals surface area (Å²) in [5.41, 5.74) is 8.01. The summed E-state index contributed by atoms with van der Waals surface area (Å²) in [4.78, 5) is 12.8. The van der Waals surface area contributed by atoms with Gasteiger partial charge in [-0.3, -0.25) is 0 Å². The third kappa shape index (κ3) is 3.50. The van der Waals surface area contributed by atoms with E-state index in [1.165, 1.54) is 6.33 Å². The Kier molecular flexibility index (Phi) is 4.63. The van der Waals surface area contributed by atoms with Crippen LogP contribution in [0.2, 0.25) is 0 Å². The molecule has 140 valence electrons. The van der Waals surface area contributed by atoms with Gasteiger partial charge in [-0.2, -0.15) is 9.97 Å². The second kappa shape index (κ2) is 7.40. The van der Waals surface area contributed by atoms with Crippen molar-refractivity contribution in [2.24, 2.45) is 0 Å². The maximum absolute atomic E-state index is 6.19. The van der Waals surface area contributed by atoms with Crippen molar-refractivity contribution in [2.45, 2.75) is 6.92 Å². The van der Waals surface area contributed by atoms with Crippen LogP contribution in [0.15, 0.2) is 60.9 Å². The predicted octanol–water partition coefficient (Wildman–Crippen LogP) is 4.51. The highest BCUT2D eigenvalue weighted by molar-refractivity contribution is 5.85. The molecule has 0 spiro atoms. The lowest BCUT2D eigenvalue weighted by atomic mass is 10.2. The molecule has 0 fully saturated rings. The smallest absolute Gasteiger partial charge is 0.249 e. The van der Waals surface area contributed by atoms with Gasteiger partial charge in [-0.1, -0.05) is 18.2 Å². The highest BCUT2D eigenvalue weighted by atomic mass is 16.5. The molecule has 2 heterocycles. The van der Waals surface area contributed by atoms with E-state index in [0.29, 0.717) is 11.5 Å². The quantitative estimate of drug-likeness (QED) is 0.549. The number of nitrogen functional groups attached to an aromatic ring is 1. The third-order valence-electron chi connectivity index (χ3n) is 4.11. The van der Waals surface area contributed by atoms with E-state index in [1.54, 1.807) is 31.4 Å². The number of fused-ring (bicyclic) bond motifs is 1. The van der Waals surface area contributed by atoms with E-state index < -0.39 is 0 Å². The van der Waals surface area contributed by atoms with Gasteiger partial charge in [0.1, 0.15) is 23.3 Å². The second-order valence-corrected chi connectivity index (χ2v) is 6.06.